The lowest BCUT2D eigenvalue weighted by Gasteiger charge is -2.39. The topological polar surface area (TPSA) is 77.4 Å². The Bertz CT molecular complexity index is 834. The minimum absolute atomic E-state index is 0.0140. The fraction of sp³-hybridized carbons (Fsp3) is 0.429. The maximum atomic E-state index is 10.1. The molecule has 6 heteroatoms. The Kier molecular flexibility index (Phi) is 4.85. The van der Waals surface area contributed by atoms with Crippen LogP contribution in [0.4, 0.5) is 0 Å². The van der Waals surface area contributed by atoms with Crippen LogP contribution in [0.25, 0.3) is 0 Å². The third-order valence-electron chi connectivity index (χ3n) is 5.70. The highest BCUT2D eigenvalue weighted by Gasteiger charge is 2.38. The molecule has 144 valence electrons. The summed E-state index contributed by atoms with van der Waals surface area (Å²) < 4.78 is 21.9. The van der Waals surface area contributed by atoms with E-state index in [1.54, 1.807) is 14.2 Å². The van der Waals surface area contributed by atoms with Crippen LogP contribution in [0.1, 0.15) is 22.6 Å². The van der Waals surface area contributed by atoms with Crippen LogP contribution in [0, 0.1) is 11.8 Å². The predicted octanol–water partition coefficient (Wildman–Crippen LogP) is 2.34. The van der Waals surface area contributed by atoms with Crippen LogP contribution in [0.15, 0.2) is 30.3 Å². The molecule has 0 spiro atoms. The van der Waals surface area contributed by atoms with E-state index in [4.69, 9.17) is 18.9 Å². The third kappa shape index (κ3) is 2.99. The molecule has 2 N–H and O–H groups in total. The molecule has 3 atom stereocenters. The maximum absolute atomic E-state index is 10.1. The van der Waals surface area contributed by atoms with Crippen molar-refractivity contribution in [2.75, 3.05) is 34.2 Å². The molecule has 0 amide bonds. The van der Waals surface area contributed by atoms with Gasteiger partial charge < -0.3 is 29.2 Å². The standard InChI is InChI=1S/C21H24O6/c1-24-18-7-13-5-14(9-22)16(10-23)21(15(13)8-19(18)25-2)12-3-4-17-20(6-12)27-11-26-17/h3-4,6-8,14,16,21-23H,5,9-11H2,1-2H3/t14-,16?,21?/m1/s1. The summed E-state index contributed by atoms with van der Waals surface area (Å²) in [5, 5.41) is 20.1. The first kappa shape index (κ1) is 17.9. The Morgan fingerprint density at radius 2 is 1.70 bits per heavy atom. The normalized spacial score (nSPS) is 23.0. The average Bonchev–Trinajstić information content (AvgIpc) is 3.18. The van der Waals surface area contributed by atoms with Crippen LogP contribution in [0.3, 0.4) is 0 Å². The lowest BCUT2D eigenvalue weighted by atomic mass is 9.67. The zero-order valence-corrected chi connectivity index (χ0v) is 15.5. The van der Waals surface area contributed by atoms with Gasteiger partial charge in [-0.05, 0) is 59.2 Å². The fourth-order valence-electron chi connectivity index (χ4n) is 4.33. The van der Waals surface area contributed by atoms with E-state index >= 15 is 0 Å². The van der Waals surface area contributed by atoms with Crippen LogP contribution in [-0.4, -0.2) is 44.4 Å². The van der Waals surface area contributed by atoms with Crippen molar-refractivity contribution < 1.29 is 29.2 Å². The first-order chi connectivity index (χ1) is 13.2. The second-order valence-electron chi connectivity index (χ2n) is 6.99. The van der Waals surface area contributed by atoms with E-state index in [0.29, 0.717) is 23.7 Å². The summed E-state index contributed by atoms with van der Waals surface area (Å²) in [5.74, 6) is 2.50. The number of rotatable bonds is 5. The largest absolute Gasteiger partial charge is 0.493 e. The number of hydrogen-bond acceptors (Lipinski definition) is 6. The van der Waals surface area contributed by atoms with Gasteiger partial charge in [0.1, 0.15) is 0 Å². The van der Waals surface area contributed by atoms with E-state index in [9.17, 15) is 10.2 Å². The lowest BCUT2D eigenvalue weighted by Crippen LogP contribution is -2.35. The van der Waals surface area contributed by atoms with Crippen molar-refractivity contribution in [2.24, 2.45) is 11.8 Å². The van der Waals surface area contributed by atoms with Crippen LogP contribution < -0.4 is 18.9 Å². The summed E-state index contributed by atoms with van der Waals surface area (Å²) in [7, 11) is 3.23. The molecule has 1 aliphatic heterocycles. The van der Waals surface area contributed by atoms with Crippen LogP contribution >= 0.6 is 0 Å². The van der Waals surface area contributed by atoms with E-state index in [1.807, 2.05) is 30.3 Å². The molecule has 0 saturated carbocycles. The fourth-order valence-corrected chi connectivity index (χ4v) is 4.33. The van der Waals surface area contributed by atoms with Gasteiger partial charge in [-0.2, -0.15) is 0 Å². The van der Waals surface area contributed by atoms with Gasteiger partial charge in [0, 0.05) is 19.1 Å². The molecule has 1 heterocycles. The van der Waals surface area contributed by atoms with Gasteiger partial charge in [0.05, 0.1) is 14.2 Å². The van der Waals surface area contributed by atoms with Crippen LogP contribution in [0.2, 0.25) is 0 Å². The smallest absolute Gasteiger partial charge is 0.231 e. The first-order valence-electron chi connectivity index (χ1n) is 9.06. The monoisotopic (exact) mass is 372 g/mol. The second-order valence-corrected chi connectivity index (χ2v) is 6.99. The Balaban J connectivity index is 1.87. The highest BCUT2D eigenvalue weighted by Crippen LogP contribution is 2.48. The summed E-state index contributed by atoms with van der Waals surface area (Å²) >= 11 is 0. The molecular formula is C21H24O6. The summed E-state index contributed by atoms with van der Waals surface area (Å²) in [5.41, 5.74) is 3.19. The minimum Gasteiger partial charge on any atom is -0.493 e. The van der Waals surface area contributed by atoms with E-state index in [1.165, 1.54) is 0 Å². The molecule has 2 aromatic rings. The van der Waals surface area contributed by atoms with Gasteiger partial charge in [-0.25, -0.2) is 0 Å². The highest BCUT2D eigenvalue weighted by atomic mass is 16.7. The van der Waals surface area contributed by atoms with Crippen molar-refractivity contribution >= 4 is 0 Å². The Morgan fingerprint density at radius 1 is 0.963 bits per heavy atom. The quantitative estimate of drug-likeness (QED) is 0.839. The van der Waals surface area contributed by atoms with Crippen molar-refractivity contribution in [1.29, 1.82) is 0 Å². The molecular weight excluding hydrogens is 348 g/mol. The molecule has 0 aromatic heterocycles. The Hall–Kier alpha value is -2.44. The predicted molar refractivity (Wildman–Crippen MR) is 98.8 cm³/mol. The molecule has 2 aliphatic rings. The molecule has 27 heavy (non-hydrogen) atoms. The third-order valence-corrected chi connectivity index (χ3v) is 5.70. The number of benzene rings is 2. The van der Waals surface area contributed by atoms with Crippen molar-refractivity contribution in [2.45, 2.75) is 12.3 Å². The molecule has 4 rings (SSSR count). The lowest BCUT2D eigenvalue weighted by molar-refractivity contribution is 0.101. The number of fused-ring (bicyclic) bond motifs is 2. The SMILES string of the molecule is COc1cc2c(cc1OC)C(c1ccc3c(c1)OCO3)C(CO)[C@@H](CO)C2. The molecule has 0 saturated heterocycles. The molecule has 1 aliphatic carbocycles. The van der Waals surface area contributed by atoms with Gasteiger partial charge in [-0.15, -0.1) is 0 Å². The van der Waals surface area contributed by atoms with E-state index in [-0.39, 0.29) is 37.8 Å². The molecule has 0 fully saturated rings. The number of aliphatic hydroxyl groups excluding tert-OH is 2. The molecule has 0 radical (unpaired) electrons. The summed E-state index contributed by atoms with van der Waals surface area (Å²) in [6, 6.07) is 9.83. The average molecular weight is 372 g/mol. The molecule has 2 aromatic carbocycles. The van der Waals surface area contributed by atoms with Crippen LogP contribution in [0.5, 0.6) is 23.0 Å². The minimum atomic E-state index is -0.110. The Morgan fingerprint density at radius 3 is 2.41 bits per heavy atom. The van der Waals surface area contributed by atoms with Gasteiger partial charge >= 0.3 is 0 Å². The zero-order chi connectivity index (χ0) is 19.0. The molecule has 6 nitrogen and oxygen atoms in total. The van der Waals surface area contributed by atoms with E-state index < -0.39 is 0 Å². The number of aliphatic hydroxyl groups is 2. The van der Waals surface area contributed by atoms with Crippen molar-refractivity contribution in [3.05, 3.63) is 47.0 Å². The van der Waals surface area contributed by atoms with Gasteiger partial charge in [-0.1, -0.05) is 6.07 Å². The number of hydrogen-bond donors (Lipinski definition) is 2. The summed E-state index contributed by atoms with van der Waals surface area (Å²) in [4.78, 5) is 0. The Labute approximate surface area is 158 Å². The summed E-state index contributed by atoms with van der Waals surface area (Å²) in [6.07, 6.45) is 0.679. The highest BCUT2D eigenvalue weighted by molar-refractivity contribution is 5.54. The second kappa shape index (κ2) is 7.29. The molecule has 2 unspecified atom stereocenters. The summed E-state index contributed by atoms with van der Waals surface area (Å²) in [6.45, 7) is 0.214. The van der Waals surface area contributed by atoms with Gasteiger partial charge in [0.25, 0.3) is 0 Å². The molecule has 0 bridgehead atoms. The van der Waals surface area contributed by atoms with Crippen LogP contribution in [-0.2, 0) is 6.42 Å². The van der Waals surface area contributed by atoms with Crippen molar-refractivity contribution in [1.82, 2.24) is 0 Å². The van der Waals surface area contributed by atoms with Gasteiger partial charge in [-0.3, -0.25) is 0 Å². The van der Waals surface area contributed by atoms with Crippen molar-refractivity contribution in [3.8, 4) is 23.0 Å². The van der Waals surface area contributed by atoms with E-state index in [0.717, 1.165) is 22.4 Å². The van der Waals surface area contributed by atoms with E-state index in [2.05, 4.69) is 0 Å². The first-order valence-corrected chi connectivity index (χ1v) is 9.06. The van der Waals surface area contributed by atoms with Gasteiger partial charge in [0.2, 0.25) is 6.79 Å². The van der Waals surface area contributed by atoms with Gasteiger partial charge in [0.15, 0.2) is 23.0 Å². The van der Waals surface area contributed by atoms with Crippen molar-refractivity contribution in [3.63, 3.8) is 0 Å². The maximum Gasteiger partial charge on any atom is 0.231 e. The number of ether oxygens (including phenoxy) is 4. The zero-order valence-electron chi connectivity index (χ0n) is 15.5. The number of methoxy groups -OCH3 is 2.